The monoisotopic (exact) mass is 253 g/mol. The van der Waals surface area contributed by atoms with Crippen LogP contribution in [0.15, 0.2) is 24.3 Å². The topological polar surface area (TPSA) is 30.5 Å². The SMILES string of the molecule is Fc1ccccc1COCCNCC1CCOC1. The summed E-state index contributed by atoms with van der Waals surface area (Å²) < 4.78 is 24.0. The Morgan fingerprint density at radius 3 is 3.06 bits per heavy atom. The highest BCUT2D eigenvalue weighted by Crippen LogP contribution is 2.10. The number of halogens is 1. The Morgan fingerprint density at radius 1 is 1.39 bits per heavy atom. The first kappa shape index (κ1) is 13.5. The van der Waals surface area contributed by atoms with Crippen LogP contribution in [0, 0.1) is 11.7 Å². The summed E-state index contributed by atoms with van der Waals surface area (Å²) in [5.41, 5.74) is 0.613. The third-order valence-corrected chi connectivity index (χ3v) is 3.10. The molecule has 1 heterocycles. The minimum Gasteiger partial charge on any atom is -0.381 e. The van der Waals surface area contributed by atoms with Gasteiger partial charge in [0.05, 0.1) is 19.8 Å². The van der Waals surface area contributed by atoms with Crippen LogP contribution in [0.25, 0.3) is 0 Å². The smallest absolute Gasteiger partial charge is 0.128 e. The fraction of sp³-hybridized carbons (Fsp3) is 0.571. The first-order valence-corrected chi connectivity index (χ1v) is 6.46. The Hall–Kier alpha value is -0.970. The summed E-state index contributed by atoms with van der Waals surface area (Å²) in [6.45, 7) is 4.45. The van der Waals surface area contributed by atoms with Crippen LogP contribution >= 0.6 is 0 Å². The summed E-state index contributed by atoms with van der Waals surface area (Å²) in [6, 6.07) is 6.71. The van der Waals surface area contributed by atoms with E-state index in [0.29, 0.717) is 24.7 Å². The molecule has 1 aromatic carbocycles. The molecule has 1 aromatic rings. The Balaban J connectivity index is 1.52. The summed E-state index contributed by atoms with van der Waals surface area (Å²) >= 11 is 0. The van der Waals surface area contributed by atoms with E-state index in [2.05, 4.69) is 5.32 Å². The summed E-state index contributed by atoms with van der Waals surface area (Å²) in [7, 11) is 0. The molecule has 4 heteroatoms. The number of ether oxygens (including phenoxy) is 2. The van der Waals surface area contributed by atoms with Crippen molar-refractivity contribution in [1.82, 2.24) is 5.32 Å². The van der Waals surface area contributed by atoms with E-state index >= 15 is 0 Å². The second-order valence-corrected chi connectivity index (χ2v) is 4.58. The molecule has 3 nitrogen and oxygen atoms in total. The number of hydrogen-bond acceptors (Lipinski definition) is 3. The van der Waals surface area contributed by atoms with Gasteiger partial charge in [-0.3, -0.25) is 0 Å². The van der Waals surface area contributed by atoms with Gasteiger partial charge in [0.25, 0.3) is 0 Å². The van der Waals surface area contributed by atoms with Crippen LogP contribution in [-0.2, 0) is 16.1 Å². The van der Waals surface area contributed by atoms with Crippen molar-refractivity contribution in [2.24, 2.45) is 5.92 Å². The van der Waals surface area contributed by atoms with Crippen molar-refractivity contribution >= 4 is 0 Å². The van der Waals surface area contributed by atoms with Gasteiger partial charge in [-0.25, -0.2) is 4.39 Å². The summed E-state index contributed by atoms with van der Waals surface area (Å²) in [6.07, 6.45) is 1.14. The average molecular weight is 253 g/mol. The Labute approximate surface area is 107 Å². The van der Waals surface area contributed by atoms with E-state index in [-0.39, 0.29) is 5.82 Å². The van der Waals surface area contributed by atoms with Gasteiger partial charge in [-0.2, -0.15) is 0 Å². The van der Waals surface area contributed by atoms with E-state index in [1.165, 1.54) is 6.07 Å². The highest BCUT2D eigenvalue weighted by molar-refractivity contribution is 5.16. The lowest BCUT2D eigenvalue weighted by atomic mass is 10.1. The second-order valence-electron chi connectivity index (χ2n) is 4.58. The lowest BCUT2D eigenvalue weighted by Gasteiger charge is -2.09. The minimum atomic E-state index is -0.200. The maximum absolute atomic E-state index is 13.3. The van der Waals surface area contributed by atoms with Crippen LogP contribution in [0.5, 0.6) is 0 Å². The van der Waals surface area contributed by atoms with E-state index in [4.69, 9.17) is 9.47 Å². The molecule has 2 rings (SSSR count). The van der Waals surface area contributed by atoms with E-state index in [1.54, 1.807) is 12.1 Å². The van der Waals surface area contributed by atoms with Crippen molar-refractivity contribution in [3.05, 3.63) is 35.6 Å². The summed E-state index contributed by atoms with van der Waals surface area (Å²) in [5.74, 6) is 0.435. The number of benzene rings is 1. The van der Waals surface area contributed by atoms with Crippen LogP contribution in [-0.4, -0.2) is 32.9 Å². The van der Waals surface area contributed by atoms with Crippen LogP contribution in [0.2, 0.25) is 0 Å². The second kappa shape index (κ2) is 7.46. The Kier molecular flexibility index (Phi) is 5.58. The number of rotatable bonds is 7. The van der Waals surface area contributed by atoms with Crippen LogP contribution in [0.3, 0.4) is 0 Å². The van der Waals surface area contributed by atoms with Gasteiger partial charge in [0.2, 0.25) is 0 Å². The van der Waals surface area contributed by atoms with Gasteiger partial charge in [0, 0.05) is 25.3 Å². The molecule has 0 aromatic heterocycles. The third kappa shape index (κ3) is 4.37. The molecule has 0 bridgehead atoms. The molecular weight excluding hydrogens is 233 g/mol. The van der Waals surface area contributed by atoms with Crippen molar-refractivity contribution in [3.63, 3.8) is 0 Å². The lowest BCUT2D eigenvalue weighted by molar-refractivity contribution is 0.119. The Morgan fingerprint density at radius 2 is 2.28 bits per heavy atom. The average Bonchev–Trinajstić information content (AvgIpc) is 2.89. The largest absolute Gasteiger partial charge is 0.381 e. The third-order valence-electron chi connectivity index (χ3n) is 3.10. The van der Waals surface area contributed by atoms with E-state index in [1.807, 2.05) is 6.07 Å². The van der Waals surface area contributed by atoms with Crippen molar-refractivity contribution in [1.29, 1.82) is 0 Å². The van der Waals surface area contributed by atoms with Crippen molar-refractivity contribution < 1.29 is 13.9 Å². The van der Waals surface area contributed by atoms with E-state index < -0.39 is 0 Å². The van der Waals surface area contributed by atoms with Gasteiger partial charge in [-0.05, 0) is 18.4 Å². The predicted molar refractivity (Wildman–Crippen MR) is 67.9 cm³/mol. The molecule has 1 aliphatic heterocycles. The van der Waals surface area contributed by atoms with E-state index in [0.717, 1.165) is 32.7 Å². The maximum atomic E-state index is 13.3. The lowest BCUT2D eigenvalue weighted by Crippen LogP contribution is -2.26. The normalized spacial score (nSPS) is 19.3. The van der Waals surface area contributed by atoms with E-state index in [9.17, 15) is 4.39 Å². The van der Waals surface area contributed by atoms with Gasteiger partial charge in [0.1, 0.15) is 5.82 Å². The molecule has 100 valence electrons. The van der Waals surface area contributed by atoms with Crippen molar-refractivity contribution in [3.8, 4) is 0 Å². The highest BCUT2D eigenvalue weighted by atomic mass is 19.1. The molecule has 0 radical (unpaired) electrons. The summed E-state index contributed by atoms with van der Waals surface area (Å²) in [4.78, 5) is 0. The molecule has 1 aliphatic rings. The van der Waals surface area contributed by atoms with Gasteiger partial charge in [0.15, 0.2) is 0 Å². The van der Waals surface area contributed by atoms with Crippen molar-refractivity contribution in [2.75, 3.05) is 32.9 Å². The minimum absolute atomic E-state index is 0.200. The standard InChI is InChI=1S/C14H20FNO2/c15-14-4-2-1-3-13(14)11-18-8-6-16-9-12-5-7-17-10-12/h1-4,12,16H,5-11H2. The van der Waals surface area contributed by atoms with Gasteiger partial charge >= 0.3 is 0 Å². The number of nitrogens with one attached hydrogen (secondary N) is 1. The molecule has 1 unspecified atom stereocenters. The molecule has 0 aliphatic carbocycles. The molecule has 1 N–H and O–H groups in total. The molecule has 1 saturated heterocycles. The van der Waals surface area contributed by atoms with Gasteiger partial charge in [-0.1, -0.05) is 18.2 Å². The zero-order valence-electron chi connectivity index (χ0n) is 10.5. The highest BCUT2D eigenvalue weighted by Gasteiger charge is 2.14. The van der Waals surface area contributed by atoms with Crippen molar-refractivity contribution in [2.45, 2.75) is 13.0 Å². The first-order chi connectivity index (χ1) is 8.86. The zero-order chi connectivity index (χ0) is 12.6. The van der Waals surface area contributed by atoms with Gasteiger partial charge in [-0.15, -0.1) is 0 Å². The molecular formula is C14H20FNO2. The zero-order valence-corrected chi connectivity index (χ0v) is 10.5. The fourth-order valence-corrected chi connectivity index (χ4v) is 1.99. The number of hydrogen-bond donors (Lipinski definition) is 1. The first-order valence-electron chi connectivity index (χ1n) is 6.46. The van der Waals surface area contributed by atoms with Crippen LogP contribution in [0.4, 0.5) is 4.39 Å². The quantitative estimate of drug-likeness (QED) is 0.754. The molecule has 1 fully saturated rings. The molecule has 0 amide bonds. The van der Waals surface area contributed by atoms with Gasteiger partial charge < -0.3 is 14.8 Å². The molecule has 0 spiro atoms. The molecule has 18 heavy (non-hydrogen) atoms. The Bertz CT molecular complexity index is 353. The molecule has 1 atom stereocenters. The van der Waals surface area contributed by atoms with Crippen LogP contribution < -0.4 is 5.32 Å². The fourth-order valence-electron chi connectivity index (χ4n) is 1.99. The maximum Gasteiger partial charge on any atom is 0.128 e. The molecule has 0 saturated carbocycles. The summed E-state index contributed by atoms with van der Waals surface area (Å²) in [5, 5.41) is 3.33. The van der Waals surface area contributed by atoms with Crippen LogP contribution in [0.1, 0.15) is 12.0 Å². The predicted octanol–water partition coefficient (Wildman–Crippen LogP) is 1.97.